The van der Waals surface area contributed by atoms with Crippen LogP contribution in [0.5, 0.6) is 0 Å². The van der Waals surface area contributed by atoms with Crippen molar-refractivity contribution in [1.82, 2.24) is 5.32 Å². The number of hydrogen-bond acceptors (Lipinski definition) is 2. The van der Waals surface area contributed by atoms with Gasteiger partial charge in [0.25, 0.3) is 6.43 Å². The van der Waals surface area contributed by atoms with E-state index in [1.807, 2.05) is 18.2 Å². The third-order valence-electron chi connectivity index (χ3n) is 1.93. The molecule has 1 rings (SSSR count). The highest BCUT2D eigenvalue weighted by molar-refractivity contribution is 5.81. The maximum absolute atomic E-state index is 12.0. The van der Waals surface area contributed by atoms with Crippen LogP contribution in [0.1, 0.15) is 11.1 Å². The van der Waals surface area contributed by atoms with Gasteiger partial charge in [0.05, 0.1) is 0 Å². The zero-order valence-corrected chi connectivity index (χ0v) is 8.13. The van der Waals surface area contributed by atoms with Gasteiger partial charge in [0.15, 0.2) is 5.84 Å². The van der Waals surface area contributed by atoms with E-state index in [-0.39, 0.29) is 6.54 Å². The Hall–Kier alpha value is -1.49. The fourth-order valence-electron chi connectivity index (χ4n) is 1.14. The summed E-state index contributed by atoms with van der Waals surface area (Å²) in [6.45, 7) is 0.636. The molecular formula is C10H13F2N3. The maximum atomic E-state index is 12.0. The van der Waals surface area contributed by atoms with Crippen LogP contribution in [0.4, 0.5) is 8.78 Å². The van der Waals surface area contributed by atoms with Crippen LogP contribution in [0.2, 0.25) is 0 Å². The first-order chi connectivity index (χ1) is 7.13. The fraction of sp³-hybridized carbons (Fsp3) is 0.300. The zero-order chi connectivity index (χ0) is 11.3. The molecule has 0 aliphatic heterocycles. The molecule has 1 aromatic carbocycles. The fourth-order valence-corrected chi connectivity index (χ4v) is 1.14. The van der Waals surface area contributed by atoms with Crippen LogP contribution in [0.15, 0.2) is 24.3 Å². The van der Waals surface area contributed by atoms with Gasteiger partial charge in [0.1, 0.15) is 0 Å². The first-order valence-corrected chi connectivity index (χ1v) is 4.52. The second-order valence-corrected chi connectivity index (χ2v) is 3.09. The lowest BCUT2D eigenvalue weighted by atomic mass is 10.1. The van der Waals surface area contributed by atoms with Crippen molar-refractivity contribution >= 4 is 5.84 Å². The molecule has 15 heavy (non-hydrogen) atoms. The highest BCUT2D eigenvalue weighted by atomic mass is 19.3. The van der Waals surface area contributed by atoms with Crippen LogP contribution < -0.4 is 11.1 Å². The van der Waals surface area contributed by atoms with Crippen molar-refractivity contribution < 1.29 is 8.78 Å². The lowest BCUT2D eigenvalue weighted by Gasteiger charge is -2.07. The van der Waals surface area contributed by atoms with Gasteiger partial charge in [-0.05, 0) is 11.1 Å². The Morgan fingerprint density at radius 2 is 2.07 bits per heavy atom. The highest BCUT2D eigenvalue weighted by Gasteiger charge is 2.09. The second kappa shape index (κ2) is 5.41. The molecule has 0 unspecified atom stereocenters. The number of halogens is 2. The number of amidine groups is 1. The summed E-state index contributed by atoms with van der Waals surface area (Å²) in [6.07, 6.45) is -2.75. The van der Waals surface area contributed by atoms with E-state index in [9.17, 15) is 8.78 Å². The Morgan fingerprint density at radius 1 is 1.40 bits per heavy atom. The second-order valence-electron chi connectivity index (χ2n) is 3.09. The standard InChI is InChI=1S/C10H13F2N3/c11-9(12)10(14)15-6-8-3-1-2-7(4-8)5-13/h1-4,9H,5-6,13H2,(H2,14,15). The summed E-state index contributed by atoms with van der Waals surface area (Å²) in [5, 5.41) is 9.25. The predicted molar refractivity (Wildman–Crippen MR) is 54.9 cm³/mol. The summed E-state index contributed by atoms with van der Waals surface area (Å²) >= 11 is 0. The van der Waals surface area contributed by atoms with E-state index >= 15 is 0 Å². The zero-order valence-electron chi connectivity index (χ0n) is 8.13. The summed E-state index contributed by atoms with van der Waals surface area (Å²) in [5.74, 6) is -0.756. The summed E-state index contributed by atoms with van der Waals surface area (Å²) < 4.78 is 23.9. The van der Waals surface area contributed by atoms with Crippen LogP contribution in [0.25, 0.3) is 0 Å². The topological polar surface area (TPSA) is 61.9 Å². The van der Waals surface area contributed by atoms with Gasteiger partial charge in [-0.15, -0.1) is 0 Å². The monoisotopic (exact) mass is 213 g/mol. The smallest absolute Gasteiger partial charge is 0.294 e. The van der Waals surface area contributed by atoms with Crippen LogP contribution in [-0.2, 0) is 13.1 Å². The van der Waals surface area contributed by atoms with Gasteiger partial charge >= 0.3 is 0 Å². The Labute approximate surface area is 86.8 Å². The summed E-state index contributed by atoms with van der Waals surface area (Å²) in [7, 11) is 0. The Morgan fingerprint density at radius 3 is 2.67 bits per heavy atom. The molecule has 0 aromatic heterocycles. The van der Waals surface area contributed by atoms with Crippen LogP contribution in [0.3, 0.4) is 0 Å². The predicted octanol–water partition coefficient (Wildman–Crippen LogP) is 1.48. The molecule has 4 N–H and O–H groups in total. The Kier molecular flexibility index (Phi) is 4.17. The van der Waals surface area contributed by atoms with Crippen LogP contribution in [0, 0.1) is 5.41 Å². The molecule has 0 amide bonds. The molecule has 1 aromatic rings. The third kappa shape index (κ3) is 3.63. The molecule has 0 radical (unpaired) electrons. The van der Waals surface area contributed by atoms with Gasteiger partial charge in [-0.1, -0.05) is 24.3 Å². The van der Waals surface area contributed by atoms with Gasteiger partial charge in [0.2, 0.25) is 0 Å². The number of alkyl halides is 2. The van der Waals surface area contributed by atoms with Crippen molar-refractivity contribution in [3.63, 3.8) is 0 Å². The quantitative estimate of drug-likeness (QED) is 0.524. The van der Waals surface area contributed by atoms with Gasteiger partial charge in [-0.2, -0.15) is 0 Å². The average molecular weight is 213 g/mol. The number of rotatable bonds is 4. The summed E-state index contributed by atoms with van der Waals surface area (Å²) in [5.41, 5.74) is 7.22. The summed E-state index contributed by atoms with van der Waals surface area (Å²) in [4.78, 5) is 0. The number of hydrogen-bond donors (Lipinski definition) is 3. The lowest BCUT2D eigenvalue weighted by molar-refractivity contribution is 0.219. The molecule has 0 atom stereocenters. The molecule has 0 fully saturated rings. The van der Waals surface area contributed by atoms with Crippen LogP contribution >= 0.6 is 0 Å². The molecule has 0 heterocycles. The maximum Gasteiger partial charge on any atom is 0.294 e. The molecule has 0 aliphatic carbocycles. The highest BCUT2D eigenvalue weighted by Crippen LogP contribution is 2.04. The van der Waals surface area contributed by atoms with Crippen molar-refractivity contribution in [3.05, 3.63) is 35.4 Å². The molecule has 82 valence electrons. The molecular weight excluding hydrogens is 200 g/mol. The van der Waals surface area contributed by atoms with Gasteiger partial charge in [0, 0.05) is 13.1 Å². The average Bonchev–Trinajstić information content (AvgIpc) is 2.26. The lowest BCUT2D eigenvalue weighted by Crippen LogP contribution is -2.28. The third-order valence-corrected chi connectivity index (χ3v) is 1.93. The minimum atomic E-state index is -2.75. The van der Waals surface area contributed by atoms with E-state index in [0.29, 0.717) is 6.54 Å². The van der Waals surface area contributed by atoms with E-state index in [1.165, 1.54) is 0 Å². The molecule has 0 bridgehead atoms. The first kappa shape index (κ1) is 11.6. The first-order valence-electron chi connectivity index (χ1n) is 4.52. The minimum absolute atomic E-state index is 0.219. The molecule has 0 spiro atoms. The molecule has 0 saturated heterocycles. The van der Waals surface area contributed by atoms with Crippen molar-refractivity contribution in [3.8, 4) is 0 Å². The van der Waals surface area contributed by atoms with Crippen molar-refractivity contribution in [1.29, 1.82) is 5.41 Å². The minimum Gasteiger partial charge on any atom is -0.365 e. The normalized spacial score (nSPS) is 10.4. The molecule has 0 saturated carbocycles. The van der Waals surface area contributed by atoms with Gasteiger partial charge in [-0.25, -0.2) is 8.78 Å². The van der Waals surface area contributed by atoms with E-state index in [1.54, 1.807) is 6.07 Å². The Balaban J connectivity index is 2.54. The van der Waals surface area contributed by atoms with Gasteiger partial charge < -0.3 is 11.1 Å². The Bertz CT molecular complexity index is 339. The van der Waals surface area contributed by atoms with Gasteiger partial charge in [-0.3, -0.25) is 5.41 Å². The van der Waals surface area contributed by atoms with E-state index in [4.69, 9.17) is 11.1 Å². The van der Waals surface area contributed by atoms with Crippen molar-refractivity contribution in [2.24, 2.45) is 5.73 Å². The number of nitrogens with two attached hydrogens (primary N) is 1. The summed E-state index contributed by atoms with van der Waals surface area (Å²) in [6, 6.07) is 7.30. The SMILES string of the molecule is N=C(NCc1cccc(CN)c1)C(F)F. The van der Waals surface area contributed by atoms with Crippen molar-refractivity contribution in [2.45, 2.75) is 19.5 Å². The largest absolute Gasteiger partial charge is 0.365 e. The molecule has 5 heteroatoms. The van der Waals surface area contributed by atoms with E-state index in [2.05, 4.69) is 5.32 Å². The number of nitrogens with one attached hydrogen (secondary N) is 2. The van der Waals surface area contributed by atoms with E-state index in [0.717, 1.165) is 11.1 Å². The van der Waals surface area contributed by atoms with Crippen molar-refractivity contribution in [2.75, 3.05) is 0 Å². The molecule has 3 nitrogen and oxygen atoms in total. The van der Waals surface area contributed by atoms with Crippen LogP contribution in [-0.4, -0.2) is 12.3 Å². The molecule has 0 aliphatic rings. The number of benzene rings is 1. The van der Waals surface area contributed by atoms with E-state index < -0.39 is 12.3 Å².